The van der Waals surface area contributed by atoms with Crippen LogP contribution in [0.25, 0.3) is 21.8 Å². The first-order valence-electron chi connectivity index (χ1n) is 12.0. The molecule has 4 aromatic rings. The molecular weight excluding hydrogens is 493 g/mol. The second-order valence-electron chi connectivity index (χ2n) is 9.16. The predicted molar refractivity (Wildman–Crippen MR) is 143 cm³/mol. The van der Waals surface area contributed by atoms with Gasteiger partial charge in [0, 0.05) is 23.4 Å². The number of carboxylic acid groups (broad SMARTS) is 1. The van der Waals surface area contributed by atoms with Crippen LogP contribution in [0.2, 0.25) is 0 Å². The van der Waals surface area contributed by atoms with Gasteiger partial charge in [-0.15, -0.1) is 0 Å². The average molecular weight is 524 g/mol. The van der Waals surface area contributed by atoms with E-state index >= 15 is 0 Å². The molecule has 0 fully saturated rings. The number of carbonyl (C=O) groups is 1. The van der Waals surface area contributed by atoms with Crippen LogP contribution in [0.1, 0.15) is 35.1 Å². The van der Waals surface area contributed by atoms with Crippen molar-refractivity contribution in [3.63, 3.8) is 0 Å². The van der Waals surface area contributed by atoms with Gasteiger partial charge >= 0.3 is 13.6 Å². The van der Waals surface area contributed by atoms with Gasteiger partial charge in [0.05, 0.1) is 18.3 Å². The molecule has 194 valence electrons. The molecule has 2 aromatic carbocycles. The molecule has 4 rings (SSSR count). The Morgan fingerprint density at radius 3 is 2.57 bits per heavy atom. The number of hydrogen-bond acceptors (Lipinski definition) is 6. The number of nitrogen functional groups attached to an aromatic ring is 1. The van der Waals surface area contributed by atoms with Crippen molar-refractivity contribution in [1.29, 1.82) is 0 Å². The summed E-state index contributed by atoms with van der Waals surface area (Å²) in [4.78, 5) is 37.9. The van der Waals surface area contributed by atoms with Gasteiger partial charge in [-0.05, 0) is 79.1 Å². The highest BCUT2D eigenvalue weighted by atomic mass is 31.2. The van der Waals surface area contributed by atoms with E-state index in [1.165, 1.54) is 5.56 Å². The summed E-state index contributed by atoms with van der Waals surface area (Å²) in [7, 11) is -4.00. The third-order valence-electron chi connectivity index (χ3n) is 6.27. The first-order valence-corrected chi connectivity index (χ1v) is 13.8. The molecule has 0 bridgehead atoms. The van der Waals surface area contributed by atoms with Crippen molar-refractivity contribution < 1.29 is 29.0 Å². The molecule has 2 heterocycles. The lowest BCUT2D eigenvalue weighted by Gasteiger charge is -2.12. The average Bonchev–Trinajstić information content (AvgIpc) is 2.84. The van der Waals surface area contributed by atoms with Crippen LogP contribution in [-0.4, -0.2) is 43.6 Å². The summed E-state index contributed by atoms with van der Waals surface area (Å²) in [5.74, 6) is 0.184. The highest BCUT2D eigenvalue weighted by Gasteiger charge is 2.13. The minimum absolute atomic E-state index is 0.0589. The number of anilines is 1. The van der Waals surface area contributed by atoms with Crippen LogP contribution >= 0.6 is 7.60 Å². The maximum atomic E-state index is 10.9. The van der Waals surface area contributed by atoms with E-state index in [0.717, 1.165) is 45.8 Å². The zero-order valence-corrected chi connectivity index (χ0v) is 21.4. The van der Waals surface area contributed by atoms with Crippen molar-refractivity contribution in [2.75, 3.05) is 18.5 Å². The summed E-state index contributed by atoms with van der Waals surface area (Å²) in [6.07, 6.45) is 3.98. The molecule has 5 N–H and O–H groups in total. The molecular formula is C27H30N3O6P. The Bertz CT molecular complexity index is 1500. The zero-order valence-electron chi connectivity index (χ0n) is 20.6. The lowest BCUT2D eigenvalue weighted by Crippen LogP contribution is -2.02. The number of fused-ring (bicyclic) bond motifs is 3. The Labute approximate surface area is 214 Å². The number of nitrogens with two attached hydrogens (primary N) is 1. The van der Waals surface area contributed by atoms with Crippen molar-refractivity contribution in [3.8, 4) is 5.75 Å². The molecule has 0 saturated heterocycles. The van der Waals surface area contributed by atoms with Gasteiger partial charge in [-0.2, -0.15) is 0 Å². The second-order valence-corrected chi connectivity index (χ2v) is 10.9. The van der Waals surface area contributed by atoms with E-state index in [1.807, 2.05) is 49.5 Å². The quantitative estimate of drug-likeness (QED) is 0.127. The SMILES string of the molecule is Cc1cc(OCCCP(=O)(O)O)ccc1CCc1cnc2c(N)nc3cc(CCC(=O)O)ccc3c2c1. The van der Waals surface area contributed by atoms with Gasteiger partial charge in [0.25, 0.3) is 0 Å². The molecule has 0 radical (unpaired) electrons. The van der Waals surface area contributed by atoms with Gasteiger partial charge in [0.15, 0.2) is 5.82 Å². The second kappa shape index (κ2) is 11.3. The van der Waals surface area contributed by atoms with E-state index < -0.39 is 13.6 Å². The van der Waals surface area contributed by atoms with Crippen molar-refractivity contribution in [2.45, 2.75) is 39.0 Å². The van der Waals surface area contributed by atoms with E-state index in [0.29, 0.717) is 29.9 Å². The van der Waals surface area contributed by atoms with E-state index in [-0.39, 0.29) is 19.2 Å². The normalized spacial score (nSPS) is 11.8. The topological polar surface area (TPSA) is 156 Å². The minimum atomic E-state index is -4.00. The summed E-state index contributed by atoms with van der Waals surface area (Å²) in [6.45, 7) is 2.26. The molecule has 0 aliphatic heterocycles. The maximum Gasteiger partial charge on any atom is 0.325 e. The maximum absolute atomic E-state index is 10.9. The van der Waals surface area contributed by atoms with Crippen LogP contribution in [0, 0.1) is 6.92 Å². The lowest BCUT2D eigenvalue weighted by atomic mass is 9.99. The number of aliphatic carboxylic acids is 1. The number of aromatic nitrogens is 2. The molecule has 0 aliphatic carbocycles. The van der Waals surface area contributed by atoms with Gasteiger partial charge in [-0.3, -0.25) is 14.3 Å². The summed E-state index contributed by atoms with van der Waals surface area (Å²) in [6, 6.07) is 13.7. The zero-order chi connectivity index (χ0) is 26.6. The van der Waals surface area contributed by atoms with E-state index in [2.05, 4.69) is 16.0 Å². The van der Waals surface area contributed by atoms with Crippen LogP contribution in [0.15, 0.2) is 48.7 Å². The van der Waals surface area contributed by atoms with E-state index in [1.54, 1.807) is 0 Å². The van der Waals surface area contributed by atoms with E-state index in [9.17, 15) is 9.36 Å². The molecule has 2 aromatic heterocycles. The third kappa shape index (κ3) is 7.04. The molecule has 0 amide bonds. The monoisotopic (exact) mass is 523 g/mol. The highest BCUT2D eigenvalue weighted by molar-refractivity contribution is 7.51. The molecule has 37 heavy (non-hydrogen) atoms. The smallest absolute Gasteiger partial charge is 0.325 e. The lowest BCUT2D eigenvalue weighted by molar-refractivity contribution is -0.136. The number of ether oxygens (including phenoxy) is 1. The number of benzene rings is 2. The Morgan fingerprint density at radius 1 is 1.03 bits per heavy atom. The fourth-order valence-corrected chi connectivity index (χ4v) is 4.86. The van der Waals surface area contributed by atoms with Crippen LogP contribution < -0.4 is 10.5 Å². The minimum Gasteiger partial charge on any atom is -0.494 e. The number of hydrogen-bond donors (Lipinski definition) is 4. The fraction of sp³-hybridized carbons (Fsp3) is 0.296. The van der Waals surface area contributed by atoms with Crippen molar-refractivity contribution >= 4 is 41.2 Å². The number of carboxylic acids is 1. The molecule has 0 atom stereocenters. The Balaban J connectivity index is 1.47. The first kappa shape index (κ1) is 26.5. The number of pyridine rings is 2. The van der Waals surface area contributed by atoms with Crippen molar-refractivity contribution in [2.24, 2.45) is 0 Å². The molecule has 0 spiro atoms. The molecule has 9 nitrogen and oxygen atoms in total. The van der Waals surface area contributed by atoms with Gasteiger partial charge in [0.2, 0.25) is 0 Å². The Morgan fingerprint density at radius 2 is 1.84 bits per heavy atom. The van der Waals surface area contributed by atoms with Gasteiger partial charge in [-0.1, -0.05) is 18.2 Å². The predicted octanol–water partition coefficient (Wildman–Crippen LogP) is 4.42. The highest BCUT2D eigenvalue weighted by Crippen LogP contribution is 2.35. The van der Waals surface area contributed by atoms with Crippen LogP contribution in [-0.2, 0) is 28.6 Å². The third-order valence-corrected chi connectivity index (χ3v) is 7.17. The number of aryl methyl sites for hydroxylation is 4. The van der Waals surface area contributed by atoms with Crippen molar-refractivity contribution in [3.05, 3.63) is 70.9 Å². The Hall–Kier alpha value is -3.52. The molecule has 0 saturated carbocycles. The fourth-order valence-electron chi connectivity index (χ4n) is 4.32. The summed E-state index contributed by atoms with van der Waals surface area (Å²) in [5.41, 5.74) is 11.8. The Kier molecular flexibility index (Phi) is 8.07. The molecule has 0 aliphatic rings. The summed E-state index contributed by atoms with van der Waals surface area (Å²) in [5, 5.41) is 10.8. The molecule has 10 heteroatoms. The molecule has 0 unspecified atom stereocenters. The van der Waals surface area contributed by atoms with Gasteiger partial charge in [0.1, 0.15) is 11.3 Å². The number of nitrogens with zero attached hydrogens (tertiary/aromatic N) is 2. The largest absolute Gasteiger partial charge is 0.494 e. The van der Waals surface area contributed by atoms with Crippen molar-refractivity contribution in [1.82, 2.24) is 9.97 Å². The standard InChI is InChI=1S/C27H30N3O6P/c1-17-13-21(36-11-2-12-37(33,34)35)8-7-20(17)6-3-19-14-23-22-9-4-18(5-10-25(31)32)15-24(22)30-27(28)26(23)29-16-19/h4,7-9,13-16H,2-3,5-6,10-12H2,1H3,(H2,28,30)(H,31,32)(H2,33,34,35). The van der Waals surface area contributed by atoms with E-state index in [4.69, 9.17) is 25.4 Å². The van der Waals surface area contributed by atoms with Crippen LogP contribution in [0.5, 0.6) is 5.75 Å². The van der Waals surface area contributed by atoms with Crippen LogP contribution in [0.3, 0.4) is 0 Å². The number of rotatable bonds is 11. The summed E-state index contributed by atoms with van der Waals surface area (Å²) >= 11 is 0. The van der Waals surface area contributed by atoms with Gasteiger partial charge in [-0.25, -0.2) is 4.98 Å². The van der Waals surface area contributed by atoms with Crippen LogP contribution in [0.4, 0.5) is 5.82 Å². The first-order chi connectivity index (χ1) is 17.6. The summed E-state index contributed by atoms with van der Waals surface area (Å²) < 4.78 is 16.6. The van der Waals surface area contributed by atoms with Gasteiger partial charge < -0.3 is 25.4 Å².